The number of fused-ring (bicyclic) bond motifs is 1. The van der Waals surface area contributed by atoms with Crippen molar-refractivity contribution in [3.05, 3.63) is 12.2 Å². The van der Waals surface area contributed by atoms with Crippen LogP contribution < -0.4 is 0 Å². The van der Waals surface area contributed by atoms with Gasteiger partial charge < -0.3 is 13.9 Å². The van der Waals surface area contributed by atoms with Crippen molar-refractivity contribution in [2.45, 2.75) is 63.6 Å². The molecule has 1 heterocycles. The van der Waals surface area contributed by atoms with Crippen LogP contribution in [0.2, 0.25) is 18.1 Å². The predicted octanol–water partition coefficient (Wildman–Crippen LogP) is 2.89. The van der Waals surface area contributed by atoms with E-state index in [1.54, 1.807) is 0 Å². The molecule has 4 atom stereocenters. The average Bonchev–Trinajstić information content (AvgIpc) is 3.06. The van der Waals surface area contributed by atoms with Gasteiger partial charge in [-0.25, -0.2) is 4.79 Å². The van der Waals surface area contributed by atoms with Gasteiger partial charge in [-0.3, -0.25) is 0 Å². The molecule has 0 saturated carbocycles. The van der Waals surface area contributed by atoms with Crippen LogP contribution in [-0.4, -0.2) is 39.2 Å². The van der Waals surface area contributed by atoms with Gasteiger partial charge in [0.25, 0.3) is 0 Å². The fraction of sp³-hybridized carbons (Fsp3) is 0.800. The Morgan fingerprint density at radius 2 is 1.90 bits per heavy atom. The lowest BCUT2D eigenvalue weighted by Gasteiger charge is -2.42. The van der Waals surface area contributed by atoms with Gasteiger partial charge in [-0.2, -0.15) is 0 Å². The molecule has 20 heavy (non-hydrogen) atoms. The summed E-state index contributed by atoms with van der Waals surface area (Å²) in [7, 11) is -0.572. The van der Waals surface area contributed by atoms with E-state index in [9.17, 15) is 4.79 Å². The first-order valence-electron chi connectivity index (χ1n) is 7.18. The maximum atomic E-state index is 12.2. The Balaban J connectivity index is 2.29. The largest absolute Gasteiger partial charge is 0.467 e. The molecule has 1 aliphatic heterocycles. The number of methoxy groups -OCH3 is 1. The first-order valence-corrected chi connectivity index (χ1v) is 10.1. The molecule has 2 rings (SSSR count). The van der Waals surface area contributed by atoms with E-state index in [2.05, 4.69) is 46.9 Å². The van der Waals surface area contributed by atoms with Crippen LogP contribution in [0.4, 0.5) is 0 Å². The molecule has 114 valence electrons. The Morgan fingerprint density at radius 1 is 1.30 bits per heavy atom. The average molecular weight is 298 g/mol. The van der Waals surface area contributed by atoms with Crippen molar-refractivity contribution < 1.29 is 18.7 Å². The fourth-order valence-electron chi connectivity index (χ4n) is 2.48. The van der Waals surface area contributed by atoms with E-state index in [1.807, 2.05) is 6.08 Å². The minimum absolute atomic E-state index is 0.0928. The third-order valence-electron chi connectivity index (χ3n) is 4.91. The van der Waals surface area contributed by atoms with Crippen LogP contribution >= 0.6 is 0 Å². The zero-order valence-corrected chi connectivity index (χ0v) is 14.5. The van der Waals surface area contributed by atoms with Gasteiger partial charge in [0.2, 0.25) is 5.60 Å². The molecule has 0 aromatic heterocycles. The lowest BCUT2D eigenvalue weighted by atomic mass is 9.84. The van der Waals surface area contributed by atoms with Crippen molar-refractivity contribution in [2.24, 2.45) is 5.92 Å². The SMILES string of the molecule is COC(=O)[C@]12O[C@H]1C=C[C@@H](C)[C@H]2O[Si](C)(C)C(C)(C)C. The third-order valence-corrected chi connectivity index (χ3v) is 9.36. The molecule has 1 aliphatic carbocycles. The van der Waals surface area contributed by atoms with E-state index in [0.717, 1.165) is 0 Å². The highest BCUT2D eigenvalue weighted by molar-refractivity contribution is 6.74. The Bertz CT molecular complexity index is 438. The summed E-state index contributed by atoms with van der Waals surface area (Å²) in [5, 5.41) is 0.0928. The summed E-state index contributed by atoms with van der Waals surface area (Å²) in [5.41, 5.74) is -0.918. The molecule has 0 radical (unpaired) electrons. The second kappa shape index (κ2) is 4.68. The molecule has 0 aromatic carbocycles. The molecule has 2 aliphatic rings. The molecule has 4 nitrogen and oxygen atoms in total. The van der Waals surface area contributed by atoms with Gasteiger partial charge >= 0.3 is 5.97 Å². The Hall–Kier alpha value is -0.653. The van der Waals surface area contributed by atoms with Gasteiger partial charge in [-0.15, -0.1) is 0 Å². The van der Waals surface area contributed by atoms with Gasteiger partial charge in [0, 0.05) is 5.92 Å². The number of carbonyl (C=O) groups is 1. The predicted molar refractivity (Wildman–Crippen MR) is 80.0 cm³/mol. The third kappa shape index (κ3) is 2.25. The summed E-state index contributed by atoms with van der Waals surface area (Å²) >= 11 is 0. The maximum absolute atomic E-state index is 12.2. The second-order valence-corrected chi connectivity index (χ2v) is 12.1. The summed E-state index contributed by atoms with van der Waals surface area (Å²) in [6, 6.07) is 0. The normalized spacial score (nSPS) is 36.5. The smallest absolute Gasteiger partial charge is 0.344 e. The number of ether oxygens (including phenoxy) is 2. The van der Waals surface area contributed by atoms with Gasteiger partial charge in [0.15, 0.2) is 8.32 Å². The quantitative estimate of drug-likeness (QED) is 0.348. The maximum Gasteiger partial charge on any atom is 0.344 e. The number of carbonyl (C=O) groups excluding carboxylic acids is 1. The number of rotatable bonds is 3. The van der Waals surface area contributed by atoms with E-state index in [1.165, 1.54) is 7.11 Å². The standard InChI is InChI=1S/C15H26O4Si/c1-10-8-9-11-15(18-11,13(16)17-5)12(10)19-20(6,7)14(2,3)4/h8-12H,1-7H3/t10-,11+,12-,15+/m1/s1. The van der Waals surface area contributed by atoms with Crippen molar-refractivity contribution >= 4 is 14.3 Å². The minimum Gasteiger partial charge on any atom is -0.467 e. The van der Waals surface area contributed by atoms with E-state index in [-0.39, 0.29) is 29.1 Å². The molecule has 0 spiro atoms. The zero-order chi connectivity index (χ0) is 15.3. The summed E-state index contributed by atoms with van der Waals surface area (Å²) in [6.45, 7) is 13.0. The Labute approximate surface area is 122 Å². The highest BCUT2D eigenvalue weighted by Crippen LogP contribution is 2.51. The first-order chi connectivity index (χ1) is 9.06. The van der Waals surface area contributed by atoms with Crippen LogP contribution in [0.25, 0.3) is 0 Å². The monoisotopic (exact) mass is 298 g/mol. The molecule has 1 saturated heterocycles. The van der Waals surface area contributed by atoms with Crippen molar-refractivity contribution in [1.29, 1.82) is 0 Å². The first kappa shape index (κ1) is 15.7. The molecule has 0 bridgehead atoms. The zero-order valence-electron chi connectivity index (χ0n) is 13.5. The Kier molecular flexibility index (Phi) is 3.68. The lowest BCUT2D eigenvalue weighted by Crippen LogP contribution is -2.54. The van der Waals surface area contributed by atoms with Crippen LogP contribution in [0, 0.1) is 5.92 Å². The molecule has 0 unspecified atom stereocenters. The van der Waals surface area contributed by atoms with Crippen LogP contribution in [0.3, 0.4) is 0 Å². The summed E-state index contributed by atoms with van der Waals surface area (Å²) in [6.07, 6.45) is 3.58. The summed E-state index contributed by atoms with van der Waals surface area (Å²) in [4.78, 5) is 12.2. The van der Waals surface area contributed by atoms with E-state index in [4.69, 9.17) is 13.9 Å². The topological polar surface area (TPSA) is 48.1 Å². The number of hydrogen-bond donors (Lipinski definition) is 0. The number of epoxide rings is 1. The van der Waals surface area contributed by atoms with E-state index < -0.39 is 13.9 Å². The van der Waals surface area contributed by atoms with E-state index >= 15 is 0 Å². The molecule has 5 heteroatoms. The van der Waals surface area contributed by atoms with Gasteiger partial charge in [-0.05, 0) is 18.1 Å². The van der Waals surface area contributed by atoms with Gasteiger partial charge in [0.05, 0.1) is 13.2 Å². The van der Waals surface area contributed by atoms with Crippen LogP contribution in [0.1, 0.15) is 27.7 Å². The molecule has 1 fully saturated rings. The van der Waals surface area contributed by atoms with Crippen molar-refractivity contribution in [1.82, 2.24) is 0 Å². The fourth-order valence-corrected chi connectivity index (χ4v) is 3.86. The molecule has 0 aromatic rings. The van der Waals surface area contributed by atoms with E-state index in [0.29, 0.717) is 0 Å². The molecular formula is C15H26O4Si. The van der Waals surface area contributed by atoms with Crippen molar-refractivity contribution in [2.75, 3.05) is 7.11 Å². The summed E-state index contributed by atoms with van der Waals surface area (Å²) in [5.74, 6) is -0.176. The van der Waals surface area contributed by atoms with Crippen LogP contribution in [0.15, 0.2) is 12.2 Å². The highest BCUT2D eigenvalue weighted by atomic mass is 28.4. The van der Waals surface area contributed by atoms with Crippen molar-refractivity contribution in [3.8, 4) is 0 Å². The lowest BCUT2D eigenvalue weighted by molar-refractivity contribution is -0.152. The van der Waals surface area contributed by atoms with Crippen LogP contribution in [0.5, 0.6) is 0 Å². The molecule has 0 amide bonds. The number of hydrogen-bond acceptors (Lipinski definition) is 4. The van der Waals surface area contributed by atoms with Crippen LogP contribution in [-0.2, 0) is 18.7 Å². The van der Waals surface area contributed by atoms with Crippen molar-refractivity contribution in [3.63, 3.8) is 0 Å². The van der Waals surface area contributed by atoms with Gasteiger partial charge in [0.1, 0.15) is 6.10 Å². The molecule has 0 N–H and O–H groups in total. The summed E-state index contributed by atoms with van der Waals surface area (Å²) < 4.78 is 17.1. The number of esters is 1. The van der Waals surface area contributed by atoms with Gasteiger partial charge in [-0.1, -0.05) is 39.8 Å². The second-order valence-electron chi connectivity index (χ2n) is 7.37. The molecular weight excluding hydrogens is 272 g/mol. The Morgan fingerprint density at radius 3 is 2.40 bits per heavy atom. The minimum atomic E-state index is -1.98. The highest BCUT2D eigenvalue weighted by Gasteiger charge is 2.71.